The standard InChI is InChI=1S/C4H12N2.ClH/c1-2-3-4(5)6;/h4H,2-3,5-6H2,1H3;1H. The summed E-state index contributed by atoms with van der Waals surface area (Å²) in [5, 5.41) is 0. The molecule has 0 unspecified atom stereocenters. The van der Waals surface area contributed by atoms with E-state index >= 15 is 0 Å². The SMILES string of the molecule is CCCC(N)N.Cl. The molecule has 7 heavy (non-hydrogen) atoms. The van der Waals surface area contributed by atoms with Gasteiger partial charge in [-0.25, -0.2) is 0 Å². The van der Waals surface area contributed by atoms with Gasteiger partial charge in [-0.05, 0) is 6.42 Å². The lowest BCUT2D eigenvalue weighted by atomic mass is 10.3. The summed E-state index contributed by atoms with van der Waals surface area (Å²) in [4.78, 5) is 0. The van der Waals surface area contributed by atoms with Crippen molar-refractivity contribution in [3.8, 4) is 0 Å². The van der Waals surface area contributed by atoms with Crippen LogP contribution in [0.4, 0.5) is 0 Å². The summed E-state index contributed by atoms with van der Waals surface area (Å²) in [6.07, 6.45) is 1.91. The molecule has 0 saturated carbocycles. The molecule has 0 aromatic rings. The summed E-state index contributed by atoms with van der Waals surface area (Å²) in [7, 11) is 0. The molecule has 0 rings (SSSR count). The lowest BCUT2D eigenvalue weighted by Crippen LogP contribution is -2.29. The highest BCUT2D eigenvalue weighted by atomic mass is 35.5. The lowest BCUT2D eigenvalue weighted by molar-refractivity contribution is 0.627. The zero-order valence-electron chi connectivity index (χ0n) is 4.55. The zero-order chi connectivity index (χ0) is 4.99. The van der Waals surface area contributed by atoms with Gasteiger partial charge in [-0.15, -0.1) is 12.4 Å². The van der Waals surface area contributed by atoms with Crippen molar-refractivity contribution in [1.29, 1.82) is 0 Å². The van der Waals surface area contributed by atoms with Crippen LogP contribution >= 0.6 is 12.4 Å². The summed E-state index contributed by atoms with van der Waals surface area (Å²) in [6.45, 7) is 2.06. The largest absolute Gasteiger partial charge is 0.316 e. The van der Waals surface area contributed by atoms with E-state index in [1.54, 1.807) is 0 Å². The van der Waals surface area contributed by atoms with Gasteiger partial charge >= 0.3 is 0 Å². The van der Waals surface area contributed by atoms with Crippen LogP contribution in [0.25, 0.3) is 0 Å². The summed E-state index contributed by atoms with van der Waals surface area (Å²) < 4.78 is 0. The average Bonchev–Trinajstić information content (AvgIpc) is 1.35. The molecule has 0 atom stereocenters. The van der Waals surface area contributed by atoms with Gasteiger partial charge in [0.1, 0.15) is 0 Å². The van der Waals surface area contributed by atoms with E-state index in [2.05, 4.69) is 6.92 Å². The smallest absolute Gasteiger partial charge is 0.0520 e. The molecule has 4 N–H and O–H groups in total. The Balaban J connectivity index is 0. The predicted octanol–water partition coefficient (Wildman–Crippen LogP) is 0.452. The maximum Gasteiger partial charge on any atom is 0.0520 e. The summed E-state index contributed by atoms with van der Waals surface area (Å²) in [5.41, 5.74) is 10.4. The number of rotatable bonds is 2. The fraction of sp³-hybridized carbons (Fsp3) is 1.00. The third-order valence-electron chi connectivity index (χ3n) is 0.622. The van der Waals surface area contributed by atoms with Crippen LogP contribution in [0.15, 0.2) is 0 Å². The van der Waals surface area contributed by atoms with E-state index in [0.29, 0.717) is 0 Å². The second kappa shape index (κ2) is 6.21. The molecule has 0 bridgehead atoms. The van der Waals surface area contributed by atoms with Gasteiger partial charge in [-0.2, -0.15) is 0 Å². The van der Waals surface area contributed by atoms with Crippen molar-refractivity contribution in [2.75, 3.05) is 0 Å². The van der Waals surface area contributed by atoms with Crippen LogP contribution in [0.2, 0.25) is 0 Å². The number of hydrogen-bond acceptors (Lipinski definition) is 2. The number of hydrogen-bond donors (Lipinski definition) is 2. The van der Waals surface area contributed by atoms with Crippen molar-refractivity contribution in [2.24, 2.45) is 11.5 Å². The Kier molecular flexibility index (Phi) is 9.09. The van der Waals surface area contributed by atoms with E-state index in [9.17, 15) is 0 Å². The molecular formula is C4H13ClN2. The van der Waals surface area contributed by atoms with Crippen LogP contribution < -0.4 is 11.5 Å². The van der Waals surface area contributed by atoms with Crippen LogP contribution in [-0.2, 0) is 0 Å². The Morgan fingerprint density at radius 1 is 1.43 bits per heavy atom. The molecule has 0 aliphatic heterocycles. The Bertz CT molecular complexity index is 30.9. The summed E-state index contributed by atoms with van der Waals surface area (Å²) in [5.74, 6) is 0. The second-order valence-corrected chi connectivity index (χ2v) is 1.45. The first-order chi connectivity index (χ1) is 2.77. The van der Waals surface area contributed by atoms with Crippen molar-refractivity contribution in [2.45, 2.75) is 25.9 Å². The quantitative estimate of drug-likeness (QED) is 0.526. The first-order valence-corrected chi connectivity index (χ1v) is 2.28. The van der Waals surface area contributed by atoms with Gasteiger partial charge in [-0.3, -0.25) is 0 Å². The number of halogens is 1. The highest BCUT2D eigenvalue weighted by Gasteiger charge is 1.85. The second-order valence-electron chi connectivity index (χ2n) is 1.45. The Hall–Kier alpha value is 0.210. The van der Waals surface area contributed by atoms with Crippen molar-refractivity contribution >= 4 is 12.4 Å². The molecule has 0 aliphatic carbocycles. The van der Waals surface area contributed by atoms with Crippen LogP contribution in [-0.4, -0.2) is 6.17 Å². The van der Waals surface area contributed by atoms with E-state index in [1.165, 1.54) is 0 Å². The molecule has 2 nitrogen and oxygen atoms in total. The van der Waals surface area contributed by atoms with E-state index in [-0.39, 0.29) is 18.6 Å². The third-order valence-corrected chi connectivity index (χ3v) is 0.622. The fourth-order valence-corrected chi connectivity index (χ4v) is 0.333. The monoisotopic (exact) mass is 124 g/mol. The van der Waals surface area contributed by atoms with E-state index in [4.69, 9.17) is 11.5 Å². The maximum absolute atomic E-state index is 5.18. The van der Waals surface area contributed by atoms with Gasteiger partial charge in [0, 0.05) is 0 Å². The molecule has 0 aromatic carbocycles. The molecule has 0 saturated heterocycles. The molecular weight excluding hydrogens is 112 g/mol. The summed E-state index contributed by atoms with van der Waals surface area (Å²) >= 11 is 0. The minimum Gasteiger partial charge on any atom is -0.316 e. The Morgan fingerprint density at radius 3 is 1.86 bits per heavy atom. The topological polar surface area (TPSA) is 52.0 Å². The molecule has 46 valence electrons. The molecule has 0 aromatic heterocycles. The van der Waals surface area contributed by atoms with Gasteiger partial charge in [0.25, 0.3) is 0 Å². The molecule has 0 fully saturated rings. The molecule has 0 heterocycles. The van der Waals surface area contributed by atoms with Crippen LogP contribution in [0.3, 0.4) is 0 Å². The minimum atomic E-state index is -0.102. The van der Waals surface area contributed by atoms with Crippen molar-refractivity contribution in [3.05, 3.63) is 0 Å². The van der Waals surface area contributed by atoms with E-state index in [1.807, 2.05) is 0 Å². The van der Waals surface area contributed by atoms with Crippen LogP contribution in [0, 0.1) is 0 Å². The molecule has 0 aliphatic rings. The highest BCUT2D eigenvalue weighted by molar-refractivity contribution is 5.85. The van der Waals surface area contributed by atoms with Crippen molar-refractivity contribution < 1.29 is 0 Å². The third kappa shape index (κ3) is 10.7. The minimum absolute atomic E-state index is 0. The average molecular weight is 125 g/mol. The number of nitrogens with two attached hydrogens (primary N) is 2. The maximum atomic E-state index is 5.18. The first kappa shape index (κ1) is 10.2. The zero-order valence-corrected chi connectivity index (χ0v) is 5.37. The van der Waals surface area contributed by atoms with Gasteiger partial charge in [0.15, 0.2) is 0 Å². The van der Waals surface area contributed by atoms with Crippen LogP contribution in [0.1, 0.15) is 19.8 Å². The predicted molar refractivity (Wildman–Crippen MR) is 34.3 cm³/mol. The fourth-order valence-electron chi connectivity index (χ4n) is 0.333. The lowest BCUT2D eigenvalue weighted by Gasteiger charge is -1.97. The van der Waals surface area contributed by atoms with Gasteiger partial charge in [-0.1, -0.05) is 13.3 Å². The Morgan fingerprint density at radius 2 is 1.86 bits per heavy atom. The van der Waals surface area contributed by atoms with Crippen LogP contribution in [0.5, 0.6) is 0 Å². The molecule has 0 spiro atoms. The highest BCUT2D eigenvalue weighted by Crippen LogP contribution is 1.82. The normalized spacial score (nSPS) is 8.57. The van der Waals surface area contributed by atoms with Crippen molar-refractivity contribution in [1.82, 2.24) is 0 Å². The van der Waals surface area contributed by atoms with E-state index < -0.39 is 0 Å². The molecule has 0 amide bonds. The first-order valence-electron chi connectivity index (χ1n) is 2.28. The molecule has 3 heteroatoms. The van der Waals surface area contributed by atoms with E-state index in [0.717, 1.165) is 12.8 Å². The van der Waals surface area contributed by atoms with Crippen molar-refractivity contribution in [3.63, 3.8) is 0 Å². The summed E-state index contributed by atoms with van der Waals surface area (Å²) in [6, 6.07) is 0. The van der Waals surface area contributed by atoms with Gasteiger partial charge < -0.3 is 11.5 Å². The van der Waals surface area contributed by atoms with Gasteiger partial charge in [0.05, 0.1) is 6.17 Å². The molecule has 0 radical (unpaired) electrons. The Labute approximate surface area is 50.7 Å². The van der Waals surface area contributed by atoms with Gasteiger partial charge in [0.2, 0.25) is 0 Å².